The monoisotopic (exact) mass is 289 g/mol. The Bertz CT molecular complexity index is 537. The van der Waals surface area contributed by atoms with E-state index < -0.39 is 0 Å². The van der Waals surface area contributed by atoms with Gasteiger partial charge < -0.3 is 0 Å². The molecule has 1 aromatic carbocycles. The molecule has 1 aromatic heterocycles. The molecule has 3 atom stereocenters. The zero-order valence-electron chi connectivity index (χ0n) is 9.94. The summed E-state index contributed by atoms with van der Waals surface area (Å²) in [6, 6.07) is 10.7. The van der Waals surface area contributed by atoms with Crippen LogP contribution in [-0.2, 0) is 0 Å². The first kappa shape index (κ1) is 11.2. The minimum atomic E-state index is 0.663. The van der Waals surface area contributed by atoms with Crippen LogP contribution in [0.3, 0.4) is 0 Å². The first-order chi connectivity index (χ1) is 8.25. The van der Waals surface area contributed by atoms with Gasteiger partial charge in [0, 0.05) is 16.4 Å². The number of hydrogen-bond acceptors (Lipinski definition) is 1. The molecule has 0 amide bonds. The van der Waals surface area contributed by atoms with Crippen LogP contribution in [0.1, 0.15) is 31.2 Å². The molecule has 1 heterocycles. The summed E-state index contributed by atoms with van der Waals surface area (Å²) in [4.78, 5) is 5.24. The van der Waals surface area contributed by atoms with E-state index in [2.05, 4.69) is 58.3 Å². The van der Waals surface area contributed by atoms with E-state index in [-0.39, 0.29) is 0 Å². The van der Waals surface area contributed by atoms with Crippen molar-refractivity contribution in [1.29, 1.82) is 0 Å². The summed E-state index contributed by atoms with van der Waals surface area (Å²) in [5.41, 5.74) is 2.50. The third kappa shape index (κ3) is 1.99. The third-order valence-corrected chi connectivity index (χ3v) is 5.29. The molecule has 1 saturated carbocycles. The number of halogens is 1. The Morgan fingerprint density at radius 2 is 2.06 bits per heavy atom. The second-order valence-electron chi connectivity index (χ2n) is 5.02. The lowest BCUT2D eigenvalue weighted by atomic mass is 9.91. The molecule has 1 aliphatic carbocycles. The number of nitrogens with zero attached hydrogens (tertiary/aromatic N) is 1. The average Bonchev–Trinajstić information content (AvgIpc) is 2.70. The molecule has 17 heavy (non-hydrogen) atoms. The minimum absolute atomic E-state index is 0.663. The van der Waals surface area contributed by atoms with Crippen LogP contribution in [0, 0.1) is 5.92 Å². The van der Waals surface area contributed by atoms with Crippen molar-refractivity contribution in [2.24, 2.45) is 5.92 Å². The largest absolute Gasteiger partial charge is 0.256 e. The second kappa shape index (κ2) is 4.41. The minimum Gasteiger partial charge on any atom is -0.256 e. The van der Waals surface area contributed by atoms with E-state index in [9.17, 15) is 0 Å². The first-order valence-electron chi connectivity index (χ1n) is 6.24. The van der Waals surface area contributed by atoms with Gasteiger partial charge in [0.2, 0.25) is 0 Å². The highest BCUT2D eigenvalue weighted by molar-refractivity contribution is 9.09. The smallest absolute Gasteiger partial charge is 0.0702 e. The van der Waals surface area contributed by atoms with Crippen LogP contribution < -0.4 is 0 Å². The van der Waals surface area contributed by atoms with E-state index in [1.54, 1.807) is 0 Å². The van der Waals surface area contributed by atoms with Gasteiger partial charge in [-0.15, -0.1) is 0 Å². The summed E-state index contributed by atoms with van der Waals surface area (Å²) in [5.74, 6) is 1.37. The molecule has 3 rings (SSSR count). The molecule has 0 N–H and O–H groups in total. The Labute approximate surface area is 110 Å². The van der Waals surface area contributed by atoms with Crippen LogP contribution in [0.4, 0.5) is 0 Å². The van der Waals surface area contributed by atoms with Gasteiger partial charge in [-0.05, 0) is 42.4 Å². The van der Waals surface area contributed by atoms with Gasteiger partial charge in [-0.3, -0.25) is 4.98 Å². The van der Waals surface area contributed by atoms with E-state index in [1.165, 1.54) is 23.8 Å². The fourth-order valence-electron chi connectivity index (χ4n) is 2.88. The quantitative estimate of drug-likeness (QED) is 0.704. The van der Waals surface area contributed by atoms with Crippen molar-refractivity contribution in [3.63, 3.8) is 0 Å². The molecule has 3 unspecified atom stereocenters. The van der Waals surface area contributed by atoms with Gasteiger partial charge in [0.25, 0.3) is 0 Å². The molecule has 0 radical (unpaired) electrons. The van der Waals surface area contributed by atoms with Gasteiger partial charge >= 0.3 is 0 Å². The summed E-state index contributed by atoms with van der Waals surface area (Å²) in [7, 11) is 0. The van der Waals surface area contributed by atoms with Gasteiger partial charge in [-0.2, -0.15) is 0 Å². The number of pyridine rings is 1. The van der Waals surface area contributed by atoms with Crippen molar-refractivity contribution in [1.82, 2.24) is 4.98 Å². The van der Waals surface area contributed by atoms with Gasteiger partial charge in [-0.1, -0.05) is 41.1 Å². The number of fused-ring (bicyclic) bond motifs is 1. The average molecular weight is 290 g/mol. The molecule has 2 aromatic rings. The normalized spacial score (nSPS) is 28.7. The van der Waals surface area contributed by atoms with E-state index in [1.807, 2.05) is 6.07 Å². The zero-order valence-corrected chi connectivity index (χ0v) is 11.5. The van der Waals surface area contributed by atoms with Crippen molar-refractivity contribution in [3.05, 3.63) is 42.1 Å². The first-order valence-corrected chi connectivity index (χ1v) is 7.16. The van der Waals surface area contributed by atoms with Gasteiger partial charge in [-0.25, -0.2) is 0 Å². The maximum absolute atomic E-state index is 4.57. The van der Waals surface area contributed by atoms with E-state index in [0.29, 0.717) is 16.7 Å². The Morgan fingerprint density at radius 3 is 2.82 bits per heavy atom. The van der Waals surface area contributed by atoms with Gasteiger partial charge in [0.1, 0.15) is 0 Å². The molecular formula is C15H16BrN. The fourth-order valence-corrected chi connectivity index (χ4v) is 3.51. The summed E-state index contributed by atoms with van der Waals surface area (Å²) in [5, 5.41) is 1.26. The van der Waals surface area contributed by atoms with Crippen molar-refractivity contribution >= 4 is 26.8 Å². The number of hydrogen-bond donors (Lipinski definition) is 0. The van der Waals surface area contributed by atoms with E-state index in [4.69, 9.17) is 0 Å². The highest BCUT2D eigenvalue weighted by atomic mass is 79.9. The van der Waals surface area contributed by atoms with Crippen LogP contribution in [0.2, 0.25) is 0 Å². The van der Waals surface area contributed by atoms with Crippen LogP contribution in [-0.4, -0.2) is 9.81 Å². The molecule has 88 valence electrons. The Balaban J connectivity index is 2.01. The highest BCUT2D eigenvalue weighted by Crippen LogP contribution is 2.43. The lowest BCUT2D eigenvalue weighted by Gasteiger charge is -2.17. The Morgan fingerprint density at radius 1 is 1.24 bits per heavy atom. The maximum atomic E-state index is 4.57. The highest BCUT2D eigenvalue weighted by Gasteiger charge is 2.32. The summed E-state index contributed by atoms with van der Waals surface area (Å²) in [6.45, 7) is 2.34. The Hall–Kier alpha value is -0.890. The summed E-state index contributed by atoms with van der Waals surface area (Å²) in [6.07, 6.45) is 4.62. The Kier molecular flexibility index (Phi) is 2.91. The lowest BCUT2D eigenvalue weighted by Crippen LogP contribution is -2.09. The summed E-state index contributed by atoms with van der Waals surface area (Å²) < 4.78 is 0. The fraction of sp³-hybridized carbons (Fsp3) is 0.400. The van der Waals surface area contributed by atoms with Gasteiger partial charge in [0.15, 0.2) is 0 Å². The molecule has 0 aliphatic heterocycles. The summed E-state index contributed by atoms with van der Waals surface area (Å²) >= 11 is 3.77. The predicted octanol–water partition coefficient (Wildman–Crippen LogP) is 4.51. The van der Waals surface area contributed by atoms with Crippen LogP contribution in [0.25, 0.3) is 10.9 Å². The molecule has 0 saturated heterocycles. The maximum Gasteiger partial charge on any atom is 0.0702 e. The van der Waals surface area contributed by atoms with Crippen molar-refractivity contribution in [3.8, 4) is 0 Å². The molecule has 1 aliphatic rings. The zero-order chi connectivity index (χ0) is 11.8. The van der Waals surface area contributed by atoms with Crippen molar-refractivity contribution < 1.29 is 0 Å². The molecule has 1 nitrogen and oxygen atoms in total. The molecular weight excluding hydrogens is 274 g/mol. The third-order valence-electron chi connectivity index (χ3n) is 4.00. The number of aromatic nitrogens is 1. The molecule has 2 heteroatoms. The second-order valence-corrected chi connectivity index (χ2v) is 6.20. The van der Waals surface area contributed by atoms with Crippen molar-refractivity contribution in [2.75, 3.05) is 0 Å². The predicted molar refractivity (Wildman–Crippen MR) is 75.6 cm³/mol. The lowest BCUT2D eigenvalue weighted by molar-refractivity contribution is 0.544. The van der Waals surface area contributed by atoms with Gasteiger partial charge in [0.05, 0.1) is 5.52 Å². The number of alkyl halides is 1. The number of benzene rings is 1. The molecule has 1 fully saturated rings. The standard InChI is InChI=1S/C15H16BrN/c1-10-13(6-7-14(10)16)12-8-11-4-2-3-5-15(11)17-9-12/h2-5,8-10,13-14H,6-7H2,1H3. The molecule has 0 bridgehead atoms. The van der Waals surface area contributed by atoms with Crippen LogP contribution in [0.15, 0.2) is 36.5 Å². The number of para-hydroxylation sites is 1. The molecule has 0 spiro atoms. The number of rotatable bonds is 1. The SMILES string of the molecule is CC1C(Br)CCC1c1cnc2ccccc2c1. The van der Waals surface area contributed by atoms with Crippen molar-refractivity contribution in [2.45, 2.75) is 30.5 Å². The van der Waals surface area contributed by atoms with E-state index >= 15 is 0 Å². The van der Waals surface area contributed by atoms with E-state index in [0.717, 1.165) is 5.52 Å². The van der Waals surface area contributed by atoms with Crippen LogP contribution in [0.5, 0.6) is 0 Å². The topological polar surface area (TPSA) is 12.9 Å². The van der Waals surface area contributed by atoms with Crippen LogP contribution >= 0.6 is 15.9 Å².